The molecule has 1 unspecified atom stereocenters. The molecule has 0 aliphatic rings. The molecule has 1 aromatic rings. The van der Waals surface area contributed by atoms with Crippen molar-refractivity contribution in [2.75, 3.05) is 6.61 Å². The molecule has 0 spiro atoms. The van der Waals surface area contributed by atoms with Gasteiger partial charge in [0.25, 0.3) is 0 Å². The molecule has 0 amide bonds. The van der Waals surface area contributed by atoms with Crippen LogP contribution in [0.5, 0.6) is 5.75 Å². The number of ether oxygens (including phenoxy) is 3. The summed E-state index contributed by atoms with van der Waals surface area (Å²) in [4.78, 5) is 24.2. The average molecular weight is 594 g/mol. The first-order chi connectivity index (χ1) is 16.9. The minimum absolute atomic E-state index is 0.499. The Morgan fingerprint density at radius 3 is 1.87 bits per heavy atom. The zero-order valence-electron chi connectivity index (χ0n) is 18.6. The van der Waals surface area contributed by atoms with Gasteiger partial charge >= 0.3 is 51.4 Å². The Morgan fingerprint density at radius 2 is 1.45 bits per heavy atom. The fraction of sp³-hybridized carbons (Fsp3) is 0.474. The Bertz CT molecular complexity index is 1140. The Kier molecular flexibility index (Phi) is 9.62. The predicted octanol–water partition coefficient (Wildman–Crippen LogP) is 4.73. The van der Waals surface area contributed by atoms with Crippen LogP contribution in [0.3, 0.4) is 0 Å². The number of carbonyl (C=O) groups excluding carboxylic acids is 2. The number of halogens is 10. The second kappa shape index (κ2) is 11.0. The molecule has 19 heteroatoms. The smallest absolute Gasteiger partial charge is 0.421 e. The minimum atomic E-state index is -6.70. The van der Waals surface area contributed by atoms with Crippen molar-refractivity contribution in [3.05, 3.63) is 42.0 Å². The van der Waals surface area contributed by atoms with Crippen LogP contribution in [0.2, 0.25) is 0 Å². The molecule has 0 aromatic heterocycles. The summed E-state index contributed by atoms with van der Waals surface area (Å²) in [6.07, 6.45) is -15.9. The monoisotopic (exact) mass is 594 g/mol. The highest BCUT2D eigenvalue weighted by atomic mass is 32.2. The van der Waals surface area contributed by atoms with Crippen molar-refractivity contribution in [2.45, 2.75) is 49.1 Å². The second-order valence-electron chi connectivity index (χ2n) is 7.33. The van der Waals surface area contributed by atoms with Crippen LogP contribution < -0.4 is 4.74 Å². The number of aryl methyl sites for hydroxylation is 1. The fourth-order valence-electron chi connectivity index (χ4n) is 2.32. The van der Waals surface area contributed by atoms with Gasteiger partial charge in [-0.05, 0) is 25.5 Å². The molecule has 0 bridgehead atoms. The van der Waals surface area contributed by atoms with Gasteiger partial charge in [0.1, 0.15) is 11.3 Å². The number of rotatable bonds is 11. The normalized spacial score (nSPS) is 14.9. The van der Waals surface area contributed by atoms with Gasteiger partial charge in [-0.1, -0.05) is 24.3 Å². The first-order valence-corrected chi connectivity index (χ1v) is 11.0. The number of hydrogen-bond acceptors (Lipinski definition) is 7. The van der Waals surface area contributed by atoms with Crippen molar-refractivity contribution in [3.63, 3.8) is 0 Å². The number of carbonyl (C=O) groups is 2. The summed E-state index contributed by atoms with van der Waals surface area (Å²) in [5.41, 5.74) is -2.06. The van der Waals surface area contributed by atoms with E-state index in [1.54, 1.807) is 0 Å². The van der Waals surface area contributed by atoms with E-state index >= 15 is 0 Å². The summed E-state index contributed by atoms with van der Waals surface area (Å²) in [7, 11) is -6.70. The van der Waals surface area contributed by atoms with Crippen LogP contribution in [-0.4, -0.2) is 60.8 Å². The van der Waals surface area contributed by atoms with Gasteiger partial charge in [-0.15, -0.1) is 0 Å². The molecule has 216 valence electrons. The zero-order valence-corrected chi connectivity index (χ0v) is 19.4. The van der Waals surface area contributed by atoms with Gasteiger partial charge in [0, 0.05) is 6.42 Å². The van der Waals surface area contributed by atoms with Crippen molar-refractivity contribution in [1.29, 1.82) is 0 Å². The van der Waals surface area contributed by atoms with Gasteiger partial charge in [-0.2, -0.15) is 52.3 Å². The number of alkyl halides is 10. The van der Waals surface area contributed by atoms with E-state index in [-0.39, 0.29) is 0 Å². The molecule has 1 aromatic carbocycles. The van der Waals surface area contributed by atoms with E-state index in [2.05, 4.69) is 20.8 Å². The number of esters is 2. The second-order valence-corrected chi connectivity index (χ2v) is 8.79. The molecule has 0 heterocycles. The van der Waals surface area contributed by atoms with E-state index in [4.69, 9.17) is 4.55 Å². The van der Waals surface area contributed by atoms with Crippen LogP contribution in [0.15, 0.2) is 36.4 Å². The highest BCUT2D eigenvalue weighted by Crippen LogP contribution is 2.42. The SMILES string of the molecule is C=C(C(=O)OC(OCCCC(F)(F)C(F)(F)S(=O)(=O)O)(C(=O)Oc1ccc(C)cc1)C(F)(F)F)C(F)(F)F. The molecular weight excluding hydrogens is 578 g/mol. The highest BCUT2D eigenvalue weighted by Gasteiger charge is 2.69. The maximum Gasteiger partial charge on any atom is 0.468 e. The maximum atomic E-state index is 13.9. The van der Waals surface area contributed by atoms with Crippen LogP contribution >= 0.6 is 0 Å². The fourth-order valence-corrected chi connectivity index (χ4v) is 2.80. The molecular formula is C19H16F10O8S. The van der Waals surface area contributed by atoms with Crippen LogP contribution in [0.1, 0.15) is 18.4 Å². The van der Waals surface area contributed by atoms with E-state index in [0.717, 1.165) is 12.1 Å². The summed E-state index contributed by atoms with van der Waals surface area (Å²) < 4.78 is 175. The zero-order chi connectivity index (χ0) is 30.0. The maximum absolute atomic E-state index is 13.9. The highest BCUT2D eigenvalue weighted by molar-refractivity contribution is 7.87. The third-order valence-electron chi connectivity index (χ3n) is 4.39. The Labute approximate surface area is 206 Å². The van der Waals surface area contributed by atoms with Gasteiger partial charge in [-0.25, -0.2) is 9.59 Å². The quantitative estimate of drug-likeness (QED) is 0.0744. The molecule has 0 saturated carbocycles. The molecule has 1 N–H and O–H groups in total. The number of hydrogen-bond donors (Lipinski definition) is 1. The molecule has 0 aliphatic carbocycles. The average Bonchev–Trinajstić information content (AvgIpc) is 2.74. The van der Waals surface area contributed by atoms with E-state index in [0.29, 0.717) is 5.56 Å². The standard InChI is InChI=1S/C19H16F10O8S/c1-10-4-6-12(7-5-10)36-14(31)16(18(25,26)27,37-13(30)11(2)17(22,23)24)35-9-3-8-15(20,21)19(28,29)38(32,33)34/h4-7H,2-3,8-9H2,1H3,(H,32,33,34). The van der Waals surface area contributed by atoms with Gasteiger partial charge in [-0.3, -0.25) is 4.55 Å². The van der Waals surface area contributed by atoms with Crippen molar-refractivity contribution in [1.82, 2.24) is 0 Å². The van der Waals surface area contributed by atoms with Gasteiger partial charge in [0.05, 0.1) is 6.61 Å². The molecule has 0 radical (unpaired) electrons. The lowest BCUT2D eigenvalue weighted by Gasteiger charge is -2.32. The molecule has 0 fully saturated rings. The van der Waals surface area contributed by atoms with Gasteiger partial charge in [0.15, 0.2) is 0 Å². The van der Waals surface area contributed by atoms with Crippen LogP contribution in [0.4, 0.5) is 43.9 Å². The van der Waals surface area contributed by atoms with Crippen LogP contribution in [0, 0.1) is 6.92 Å². The molecule has 1 atom stereocenters. The predicted molar refractivity (Wildman–Crippen MR) is 104 cm³/mol. The Hall–Kier alpha value is -2.93. The molecule has 1 rings (SSSR count). The summed E-state index contributed by atoms with van der Waals surface area (Å²) in [5, 5.41) is -6.11. The first kappa shape index (κ1) is 33.1. The molecule has 8 nitrogen and oxygen atoms in total. The summed E-state index contributed by atoms with van der Waals surface area (Å²) >= 11 is 0. The number of benzene rings is 1. The lowest BCUT2D eigenvalue weighted by atomic mass is 10.2. The topological polar surface area (TPSA) is 116 Å². The first-order valence-electron chi connectivity index (χ1n) is 9.61. The van der Waals surface area contributed by atoms with E-state index < -0.39 is 82.1 Å². The van der Waals surface area contributed by atoms with Gasteiger partial charge < -0.3 is 14.2 Å². The van der Waals surface area contributed by atoms with Crippen LogP contribution in [0.25, 0.3) is 0 Å². The molecule has 38 heavy (non-hydrogen) atoms. The lowest BCUT2D eigenvalue weighted by molar-refractivity contribution is -0.353. The molecule has 0 aliphatic heterocycles. The Morgan fingerprint density at radius 1 is 0.947 bits per heavy atom. The summed E-state index contributed by atoms with van der Waals surface area (Å²) in [6, 6.07) is 4.22. The van der Waals surface area contributed by atoms with Crippen molar-refractivity contribution in [2.24, 2.45) is 0 Å². The van der Waals surface area contributed by atoms with E-state index in [1.807, 2.05) is 0 Å². The van der Waals surface area contributed by atoms with Crippen molar-refractivity contribution >= 4 is 22.1 Å². The summed E-state index contributed by atoms with van der Waals surface area (Å²) in [6.45, 7) is 1.82. The van der Waals surface area contributed by atoms with Gasteiger partial charge in [0.2, 0.25) is 0 Å². The molecule has 0 saturated heterocycles. The lowest BCUT2D eigenvalue weighted by Crippen LogP contribution is -2.59. The Balaban J connectivity index is 3.36. The van der Waals surface area contributed by atoms with E-state index in [9.17, 15) is 61.9 Å². The minimum Gasteiger partial charge on any atom is -0.421 e. The third kappa shape index (κ3) is 7.34. The van der Waals surface area contributed by atoms with Crippen molar-refractivity contribution < 1.29 is 80.7 Å². The van der Waals surface area contributed by atoms with E-state index in [1.165, 1.54) is 19.1 Å². The van der Waals surface area contributed by atoms with Crippen molar-refractivity contribution in [3.8, 4) is 5.75 Å². The third-order valence-corrected chi connectivity index (χ3v) is 5.34. The summed E-state index contributed by atoms with van der Waals surface area (Å²) in [5.74, 6) is -17.0. The van der Waals surface area contributed by atoms with Crippen LogP contribution in [-0.2, 0) is 29.2 Å². The largest absolute Gasteiger partial charge is 0.468 e.